The van der Waals surface area contributed by atoms with E-state index in [1.54, 1.807) is 6.92 Å². The van der Waals surface area contributed by atoms with Crippen LogP contribution in [0.4, 0.5) is 13.2 Å². The van der Waals surface area contributed by atoms with E-state index in [1.165, 1.54) is 20.8 Å². The lowest BCUT2D eigenvalue weighted by Crippen LogP contribution is -2.51. The van der Waals surface area contributed by atoms with Crippen LogP contribution in [0.1, 0.15) is 34.1 Å². The molecule has 0 bridgehead atoms. The van der Waals surface area contributed by atoms with Crippen molar-refractivity contribution in [3.8, 4) is 0 Å². The summed E-state index contributed by atoms with van der Waals surface area (Å²) in [5.41, 5.74) is 0. The fraction of sp³-hybridized carbons (Fsp3) is 0.900. The first kappa shape index (κ1) is 15.2. The van der Waals surface area contributed by atoms with Crippen molar-refractivity contribution in [1.82, 2.24) is 5.32 Å². The molecule has 0 saturated carbocycles. The van der Waals surface area contributed by atoms with E-state index >= 15 is 0 Å². The van der Waals surface area contributed by atoms with Crippen LogP contribution in [0.3, 0.4) is 0 Å². The minimum absolute atomic E-state index is 0.163. The minimum atomic E-state index is -4.48. The van der Waals surface area contributed by atoms with Crippen LogP contribution in [-0.4, -0.2) is 30.3 Å². The molecule has 96 valence electrons. The number of rotatable bonds is 5. The number of hydrogen-bond donors (Lipinski definition) is 1. The highest BCUT2D eigenvalue weighted by molar-refractivity contribution is 5.73. The second kappa shape index (κ2) is 6.08. The minimum Gasteiger partial charge on any atom is -0.364 e. The van der Waals surface area contributed by atoms with Crippen LogP contribution in [0.5, 0.6) is 0 Å². The Bertz CT molecular complexity index is 229. The molecular formula is C10H18F3NO2. The van der Waals surface area contributed by atoms with Crippen LogP contribution in [0.25, 0.3) is 0 Å². The van der Waals surface area contributed by atoms with E-state index < -0.39 is 30.3 Å². The van der Waals surface area contributed by atoms with E-state index in [-0.39, 0.29) is 6.42 Å². The highest BCUT2D eigenvalue weighted by atomic mass is 19.4. The van der Waals surface area contributed by atoms with Crippen LogP contribution in [-0.2, 0) is 9.53 Å². The third-order valence-electron chi connectivity index (χ3n) is 1.94. The fourth-order valence-electron chi connectivity index (χ4n) is 1.35. The number of amides is 1. The number of hydrogen-bond acceptors (Lipinski definition) is 2. The SMILES string of the molecule is CCC(NC(C)=O)C(OC(C)C)C(F)(F)F. The Labute approximate surface area is 93.3 Å². The first-order valence-electron chi connectivity index (χ1n) is 5.17. The summed E-state index contributed by atoms with van der Waals surface area (Å²) in [5.74, 6) is -0.492. The highest BCUT2D eigenvalue weighted by Crippen LogP contribution is 2.27. The Morgan fingerprint density at radius 1 is 1.38 bits per heavy atom. The molecule has 0 aliphatic carbocycles. The molecule has 0 spiro atoms. The summed E-state index contributed by atoms with van der Waals surface area (Å²) >= 11 is 0. The van der Waals surface area contributed by atoms with Crippen molar-refractivity contribution in [2.75, 3.05) is 0 Å². The topological polar surface area (TPSA) is 38.3 Å². The van der Waals surface area contributed by atoms with Crippen molar-refractivity contribution in [3.63, 3.8) is 0 Å². The predicted molar refractivity (Wildman–Crippen MR) is 54.0 cm³/mol. The number of alkyl halides is 3. The van der Waals surface area contributed by atoms with Gasteiger partial charge in [0.25, 0.3) is 0 Å². The summed E-state index contributed by atoms with van der Waals surface area (Å²) in [6, 6.07) is -1.04. The zero-order valence-electron chi connectivity index (χ0n) is 9.89. The van der Waals surface area contributed by atoms with Gasteiger partial charge in [0.15, 0.2) is 6.10 Å². The van der Waals surface area contributed by atoms with Gasteiger partial charge in [-0.1, -0.05) is 6.92 Å². The summed E-state index contributed by atoms with van der Waals surface area (Å²) in [4.78, 5) is 10.8. The monoisotopic (exact) mass is 241 g/mol. The molecule has 0 aromatic carbocycles. The second-order valence-electron chi connectivity index (χ2n) is 3.86. The van der Waals surface area contributed by atoms with Crippen molar-refractivity contribution in [2.24, 2.45) is 0 Å². The van der Waals surface area contributed by atoms with Gasteiger partial charge in [-0.15, -0.1) is 0 Å². The molecule has 2 atom stereocenters. The van der Waals surface area contributed by atoms with E-state index in [4.69, 9.17) is 4.74 Å². The molecule has 2 unspecified atom stereocenters. The molecule has 0 aliphatic rings. The van der Waals surface area contributed by atoms with E-state index in [0.717, 1.165) is 0 Å². The molecule has 0 rings (SSSR count). The number of nitrogens with one attached hydrogen (secondary N) is 1. The summed E-state index contributed by atoms with van der Waals surface area (Å²) in [6.45, 7) is 5.81. The van der Waals surface area contributed by atoms with E-state index in [1.807, 2.05) is 0 Å². The third kappa shape index (κ3) is 5.34. The zero-order chi connectivity index (χ0) is 12.9. The number of halogens is 3. The van der Waals surface area contributed by atoms with Gasteiger partial charge in [-0.2, -0.15) is 13.2 Å². The smallest absolute Gasteiger partial charge is 0.364 e. The molecule has 1 N–H and O–H groups in total. The quantitative estimate of drug-likeness (QED) is 0.801. The normalized spacial score (nSPS) is 16.0. The van der Waals surface area contributed by atoms with Crippen LogP contribution >= 0.6 is 0 Å². The van der Waals surface area contributed by atoms with Gasteiger partial charge >= 0.3 is 6.18 Å². The molecule has 0 aliphatic heterocycles. The van der Waals surface area contributed by atoms with Gasteiger partial charge in [-0.25, -0.2) is 0 Å². The largest absolute Gasteiger partial charge is 0.416 e. The average molecular weight is 241 g/mol. The maximum atomic E-state index is 12.7. The van der Waals surface area contributed by atoms with Gasteiger partial charge in [-0.3, -0.25) is 4.79 Å². The van der Waals surface area contributed by atoms with Crippen molar-refractivity contribution in [1.29, 1.82) is 0 Å². The third-order valence-corrected chi connectivity index (χ3v) is 1.94. The number of ether oxygens (including phenoxy) is 1. The summed E-state index contributed by atoms with van der Waals surface area (Å²) < 4.78 is 42.9. The van der Waals surface area contributed by atoms with Gasteiger partial charge in [0.05, 0.1) is 12.1 Å². The van der Waals surface area contributed by atoms with Crippen LogP contribution in [0.2, 0.25) is 0 Å². The average Bonchev–Trinajstić information content (AvgIpc) is 2.08. The predicted octanol–water partition coefficient (Wildman–Crippen LogP) is 2.26. The maximum Gasteiger partial charge on any atom is 0.416 e. The molecule has 0 saturated heterocycles. The Morgan fingerprint density at radius 2 is 1.88 bits per heavy atom. The van der Waals surface area contributed by atoms with Crippen molar-refractivity contribution in [3.05, 3.63) is 0 Å². The van der Waals surface area contributed by atoms with Gasteiger partial charge < -0.3 is 10.1 Å². The molecule has 16 heavy (non-hydrogen) atoms. The van der Waals surface area contributed by atoms with Gasteiger partial charge in [0.1, 0.15) is 0 Å². The molecule has 0 aromatic rings. The Hall–Kier alpha value is -0.780. The molecule has 0 fully saturated rings. The summed E-state index contributed by atoms with van der Waals surface area (Å²) in [5, 5.41) is 2.26. The number of carbonyl (C=O) groups excluding carboxylic acids is 1. The molecule has 3 nitrogen and oxygen atoms in total. The summed E-state index contributed by atoms with van der Waals surface area (Å²) in [7, 11) is 0. The standard InChI is InChI=1S/C10H18F3NO2/c1-5-8(14-7(4)15)9(10(11,12)13)16-6(2)3/h6,8-9H,5H2,1-4H3,(H,14,15). The van der Waals surface area contributed by atoms with Gasteiger partial charge in [-0.05, 0) is 20.3 Å². The van der Waals surface area contributed by atoms with E-state index in [9.17, 15) is 18.0 Å². The fourth-order valence-corrected chi connectivity index (χ4v) is 1.35. The first-order valence-corrected chi connectivity index (χ1v) is 5.17. The molecule has 0 heterocycles. The highest BCUT2D eigenvalue weighted by Gasteiger charge is 2.46. The first-order chi connectivity index (χ1) is 7.18. The molecule has 0 aromatic heterocycles. The zero-order valence-corrected chi connectivity index (χ0v) is 9.89. The van der Waals surface area contributed by atoms with Gasteiger partial charge in [0, 0.05) is 6.92 Å². The van der Waals surface area contributed by atoms with Crippen LogP contribution < -0.4 is 5.32 Å². The van der Waals surface area contributed by atoms with Crippen molar-refractivity contribution < 1.29 is 22.7 Å². The van der Waals surface area contributed by atoms with E-state index in [2.05, 4.69) is 5.32 Å². The number of carbonyl (C=O) groups is 1. The summed E-state index contributed by atoms with van der Waals surface area (Å²) in [6.07, 6.45) is -6.82. The Morgan fingerprint density at radius 3 is 2.12 bits per heavy atom. The Kier molecular flexibility index (Phi) is 5.78. The Balaban J connectivity index is 4.76. The molecule has 1 amide bonds. The lowest BCUT2D eigenvalue weighted by atomic mass is 10.1. The molecule has 6 heteroatoms. The molecular weight excluding hydrogens is 223 g/mol. The van der Waals surface area contributed by atoms with Crippen molar-refractivity contribution in [2.45, 2.75) is 58.5 Å². The van der Waals surface area contributed by atoms with E-state index in [0.29, 0.717) is 0 Å². The maximum absolute atomic E-state index is 12.7. The van der Waals surface area contributed by atoms with Gasteiger partial charge in [0.2, 0.25) is 5.91 Å². The lowest BCUT2D eigenvalue weighted by molar-refractivity contribution is -0.238. The van der Waals surface area contributed by atoms with Crippen LogP contribution in [0, 0.1) is 0 Å². The second-order valence-corrected chi connectivity index (χ2v) is 3.86. The van der Waals surface area contributed by atoms with Crippen LogP contribution in [0.15, 0.2) is 0 Å². The molecule has 0 radical (unpaired) electrons. The van der Waals surface area contributed by atoms with Crippen molar-refractivity contribution >= 4 is 5.91 Å². The lowest BCUT2D eigenvalue weighted by Gasteiger charge is -2.30.